The topological polar surface area (TPSA) is 85.8 Å². The van der Waals surface area contributed by atoms with E-state index in [9.17, 15) is 4.79 Å². The molecule has 2 aromatic rings. The van der Waals surface area contributed by atoms with Crippen LogP contribution in [0, 0.1) is 6.92 Å². The first-order valence-corrected chi connectivity index (χ1v) is 6.42. The maximum absolute atomic E-state index is 11.9. The lowest BCUT2D eigenvalue weighted by molar-refractivity contribution is 0.0945. The van der Waals surface area contributed by atoms with E-state index in [1.54, 1.807) is 18.4 Å². The minimum atomic E-state index is -0.209. The molecule has 0 radical (unpaired) electrons. The van der Waals surface area contributed by atoms with Crippen molar-refractivity contribution in [3.63, 3.8) is 0 Å². The van der Waals surface area contributed by atoms with Gasteiger partial charge in [0.25, 0.3) is 5.91 Å². The predicted octanol–water partition coefficient (Wildman–Crippen LogP) is 0.740. The van der Waals surface area contributed by atoms with Gasteiger partial charge in [0.05, 0.1) is 22.6 Å². The molecule has 1 amide bonds. The maximum Gasteiger partial charge on any atom is 0.271 e. The van der Waals surface area contributed by atoms with Gasteiger partial charge in [0.15, 0.2) is 0 Å². The zero-order valence-corrected chi connectivity index (χ0v) is 11.1. The molecule has 18 heavy (non-hydrogen) atoms. The third kappa shape index (κ3) is 2.67. The number of nitrogens with two attached hydrogens (primary N) is 1. The number of carbonyl (C=O) groups excluding carboxylic acids is 1. The predicted molar refractivity (Wildman–Crippen MR) is 70.5 cm³/mol. The summed E-state index contributed by atoms with van der Waals surface area (Å²) in [6.45, 7) is 2.50. The third-order valence-corrected chi connectivity index (χ3v) is 3.34. The lowest BCUT2D eigenvalue weighted by Gasteiger charge is -2.05. The van der Waals surface area contributed by atoms with Gasteiger partial charge in [-0.2, -0.15) is 5.10 Å². The van der Waals surface area contributed by atoms with Gasteiger partial charge in [-0.25, -0.2) is 4.98 Å². The molecule has 0 aliphatic heterocycles. The van der Waals surface area contributed by atoms with Crippen LogP contribution in [0.4, 0.5) is 5.69 Å². The standard InChI is InChI=1S/C11H15N5OS/c1-7-15-8(6-18-7)3-4-13-11(17)10-9(12)5-14-16(10)2/h5-6H,3-4,12H2,1-2H3,(H,13,17). The van der Waals surface area contributed by atoms with Gasteiger partial charge in [0.1, 0.15) is 5.69 Å². The van der Waals surface area contributed by atoms with E-state index in [0.717, 1.165) is 10.7 Å². The first-order valence-electron chi connectivity index (χ1n) is 5.54. The second-order valence-corrected chi connectivity index (χ2v) is 5.00. The van der Waals surface area contributed by atoms with Crippen molar-refractivity contribution >= 4 is 22.9 Å². The van der Waals surface area contributed by atoms with Gasteiger partial charge < -0.3 is 11.1 Å². The first-order chi connectivity index (χ1) is 8.58. The van der Waals surface area contributed by atoms with E-state index in [1.165, 1.54) is 10.9 Å². The normalized spacial score (nSPS) is 10.6. The molecule has 2 aromatic heterocycles. The van der Waals surface area contributed by atoms with Crippen molar-refractivity contribution in [3.05, 3.63) is 28.0 Å². The summed E-state index contributed by atoms with van der Waals surface area (Å²) in [4.78, 5) is 16.2. The fraction of sp³-hybridized carbons (Fsp3) is 0.364. The van der Waals surface area contributed by atoms with Crippen molar-refractivity contribution in [2.75, 3.05) is 12.3 Å². The number of nitrogens with zero attached hydrogens (tertiary/aromatic N) is 3. The molecular weight excluding hydrogens is 250 g/mol. The van der Waals surface area contributed by atoms with Crippen LogP contribution in [-0.4, -0.2) is 27.2 Å². The van der Waals surface area contributed by atoms with E-state index in [1.807, 2.05) is 12.3 Å². The van der Waals surface area contributed by atoms with Crippen molar-refractivity contribution in [3.8, 4) is 0 Å². The average molecular weight is 265 g/mol. The molecule has 96 valence electrons. The molecule has 2 heterocycles. The Labute approximate surface area is 109 Å². The largest absolute Gasteiger partial charge is 0.396 e. The molecule has 0 atom stereocenters. The molecule has 0 fully saturated rings. The average Bonchev–Trinajstić information content (AvgIpc) is 2.86. The molecule has 7 heteroatoms. The summed E-state index contributed by atoms with van der Waals surface area (Å²) in [6, 6.07) is 0. The second-order valence-electron chi connectivity index (χ2n) is 3.94. The monoisotopic (exact) mass is 265 g/mol. The zero-order valence-electron chi connectivity index (χ0n) is 10.3. The van der Waals surface area contributed by atoms with E-state index in [-0.39, 0.29) is 5.91 Å². The number of carbonyl (C=O) groups is 1. The van der Waals surface area contributed by atoms with Gasteiger partial charge >= 0.3 is 0 Å². The summed E-state index contributed by atoms with van der Waals surface area (Å²) in [5, 5.41) is 9.77. The van der Waals surface area contributed by atoms with Crippen molar-refractivity contribution in [1.29, 1.82) is 0 Å². The van der Waals surface area contributed by atoms with Crippen LogP contribution in [0.1, 0.15) is 21.2 Å². The van der Waals surface area contributed by atoms with E-state index >= 15 is 0 Å². The number of hydrogen-bond acceptors (Lipinski definition) is 5. The van der Waals surface area contributed by atoms with Crippen LogP contribution < -0.4 is 11.1 Å². The van der Waals surface area contributed by atoms with Crippen LogP contribution >= 0.6 is 11.3 Å². The molecule has 0 aliphatic rings. The van der Waals surface area contributed by atoms with Gasteiger partial charge in [-0.3, -0.25) is 9.48 Å². The van der Waals surface area contributed by atoms with E-state index in [4.69, 9.17) is 5.73 Å². The van der Waals surface area contributed by atoms with Gasteiger partial charge in [0.2, 0.25) is 0 Å². The molecule has 0 saturated heterocycles. The van der Waals surface area contributed by atoms with Crippen LogP contribution in [0.2, 0.25) is 0 Å². The highest BCUT2D eigenvalue weighted by atomic mass is 32.1. The summed E-state index contributed by atoms with van der Waals surface area (Å²) < 4.78 is 1.47. The van der Waals surface area contributed by atoms with E-state index in [2.05, 4.69) is 15.4 Å². The Kier molecular flexibility index (Phi) is 3.61. The molecule has 2 rings (SSSR count). The van der Waals surface area contributed by atoms with E-state index < -0.39 is 0 Å². The number of hydrogen-bond donors (Lipinski definition) is 2. The Balaban J connectivity index is 1.89. The summed E-state index contributed by atoms with van der Waals surface area (Å²) >= 11 is 1.61. The number of nitrogens with one attached hydrogen (secondary N) is 1. The molecule has 6 nitrogen and oxygen atoms in total. The Hall–Kier alpha value is -1.89. The minimum absolute atomic E-state index is 0.209. The smallest absolute Gasteiger partial charge is 0.271 e. The maximum atomic E-state index is 11.9. The van der Waals surface area contributed by atoms with Gasteiger partial charge in [0, 0.05) is 25.4 Å². The third-order valence-electron chi connectivity index (χ3n) is 2.52. The zero-order chi connectivity index (χ0) is 13.1. The molecule has 3 N–H and O–H groups in total. The van der Waals surface area contributed by atoms with Crippen LogP contribution in [0.15, 0.2) is 11.6 Å². The lowest BCUT2D eigenvalue weighted by atomic mass is 10.3. The number of amides is 1. The highest BCUT2D eigenvalue weighted by Gasteiger charge is 2.14. The fourth-order valence-corrected chi connectivity index (χ4v) is 2.29. The van der Waals surface area contributed by atoms with Crippen molar-refractivity contribution in [1.82, 2.24) is 20.1 Å². The van der Waals surface area contributed by atoms with Crippen LogP contribution in [0.25, 0.3) is 0 Å². The highest BCUT2D eigenvalue weighted by Crippen LogP contribution is 2.10. The van der Waals surface area contributed by atoms with Crippen molar-refractivity contribution in [2.45, 2.75) is 13.3 Å². The Bertz CT molecular complexity index is 540. The molecule has 0 unspecified atom stereocenters. The SMILES string of the molecule is Cc1nc(CCNC(=O)c2c(N)cnn2C)cs1. The fourth-order valence-electron chi connectivity index (χ4n) is 1.64. The Morgan fingerprint density at radius 2 is 2.39 bits per heavy atom. The van der Waals surface area contributed by atoms with Crippen LogP contribution in [0.5, 0.6) is 0 Å². The van der Waals surface area contributed by atoms with E-state index in [0.29, 0.717) is 24.3 Å². The summed E-state index contributed by atoms with van der Waals surface area (Å²) in [5.41, 5.74) is 7.45. The number of rotatable bonds is 4. The van der Waals surface area contributed by atoms with Crippen LogP contribution in [-0.2, 0) is 13.5 Å². The number of anilines is 1. The molecule has 0 spiro atoms. The van der Waals surface area contributed by atoms with Gasteiger partial charge in [-0.05, 0) is 6.92 Å². The molecule has 0 saturated carbocycles. The molecular formula is C11H15N5OS. The first kappa shape index (κ1) is 12.6. The minimum Gasteiger partial charge on any atom is -0.396 e. The molecule has 0 aliphatic carbocycles. The summed E-state index contributed by atoms with van der Waals surface area (Å²) in [6.07, 6.45) is 2.19. The second kappa shape index (κ2) is 5.18. The number of aromatic nitrogens is 3. The number of thiazole rings is 1. The quantitative estimate of drug-likeness (QED) is 0.853. The number of nitrogen functional groups attached to an aromatic ring is 1. The van der Waals surface area contributed by atoms with Gasteiger partial charge in [-0.15, -0.1) is 11.3 Å². The molecule has 0 bridgehead atoms. The van der Waals surface area contributed by atoms with Gasteiger partial charge in [-0.1, -0.05) is 0 Å². The Morgan fingerprint density at radius 1 is 1.61 bits per heavy atom. The van der Waals surface area contributed by atoms with Crippen molar-refractivity contribution in [2.24, 2.45) is 7.05 Å². The van der Waals surface area contributed by atoms with Crippen LogP contribution in [0.3, 0.4) is 0 Å². The summed E-state index contributed by atoms with van der Waals surface area (Å²) in [7, 11) is 1.69. The lowest BCUT2D eigenvalue weighted by Crippen LogP contribution is -2.28. The summed E-state index contributed by atoms with van der Waals surface area (Å²) in [5.74, 6) is -0.209. The molecule has 0 aromatic carbocycles. The number of aryl methyl sites for hydroxylation is 2. The highest BCUT2D eigenvalue weighted by molar-refractivity contribution is 7.09. The van der Waals surface area contributed by atoms with Crippen molar-refractivity contribution < 1.29 is 4.79 Å². The Morgan fingerprint density at radius 3 is 2.94 bits per heavy atom.